The van der Waals surface area contributed by atoms with Crippen LogP contribution in [0.1, 0.15) is 5.56 Å². The van der Waals surface area contributed by atoms with Crippen LogP contribution in [0.5, 0.6) is 0 Å². The second-order valence-electron chi connectivity index (χ2n) is 3.33. The largest absolute Gasteiger partial charge is 0.0985 e. The smallest absolute Gasteiger partial charge is 0.0175 e. The Hall–Kier alpha value is -1.34. The second-order valence-corrected chi connectivity index (χ2v) is 4.25. The van der Waals surface area contributed by atoms with Crippen molar-refractivity contribution < 1.29 is 0 Å². The molecule has 0 aliphatic carbocycles. The zero-order valence-electron chi connectivity index (χ0n) is 8.28. The number of benzene rings is 2. The second kappa shape index (κ2) is 4.45. The van der Waals surface area contributed by atoms with E-state index in [2.05, 4.69) is 71.0 Å². The molecule has 74 valence electrons. The van der Waals surface area contributed by atoms with Gasteiger partial charge in [0.1, 0.15) is 0 Å². The number of rotatable bonds is 2. The number of hydrogen-bond acceptors (Lipinski definition) is 0. The van der Waals surface area contributed by atoms with Crippen molar-refractivity contribution >= 4 is 22.0 Å². The minimum atomic E-state index is 1.11. The monoisotopic (exact) mass is 258 g/mol. The lowest BCUT2D eigenvalue weighted by Gasteiger charge is -2.02. The van der Waals surface area contributed by atoms with Crippen LogP contribution < -0.4 is 0 Å². The fourth-order valence-electron chi connectivity index (χ4n) is 1.45. The highest BCUT2D eigenvalue weighted by molar-refractivity contribution is 9.10. The summed E-state index contributed by atoms with van der Waals surface area (Å²) in [6.07, 6.45) is 1.85. The van der Waals surface area contributed by atoms with Gasteiger partial charge in [0.05, 0.1) is 0 Å². The van der Waals surface area contributed by atoms with E-state index in [9.17, 15) is 0 Å². The molecular weight excluding hydrogens is 248 g/mol. The molecule has 0 radical (unpaired) electrons. The minimum absolute atomic E-state index is 1.11. The standard InChI is InChI=1S/C14H11Br/c1-2-11-3-5-12(6-4-11)13-7-9-14(15)10-8-13/h2-10H,1H2. The van der Waals surface area contributed by atoms with Crippen molar-refractivity contribution in [2.24, 2.45) is 0 Å². The Morgan fingerprint density at radius 1 is 0.800 bits per heavy atom. The number of hydrogen-bond donors (Lipinski definition) is 0. The normalized spacial score (nSPS) is 9.93. The summed E-state index contributed by atoms with van der Waals surface area (Å²) >= 11 is 3.43. The SMILES string of the molecule is C=Cc1ccc(-c2ccc(Br)cc2)cc1. The third kappa shape index (κ3) is 2.37. The van der Waals surface area contributed by atoms with E-state index in [1.165, 1.54) is 11.1 Å². The zero-order chi connectivity index (χ0) is 10.7. The first-order chi connectivity index (χ1) is 7.29. The van der Waals surface area contributed by atoms with Gasteiger partial charge in [-0.25, -0.2) is 0 Å². The molecule has 0 nitrogen and oxygen atoms in total. The van der Waals surface area contributed by atoms with Crippen LogP contribution in [0.3, 0.4) is 0 Å². The molecule has 0 aromatic heterocycles. The highest BCUT2D eigenvalue weighted by atomic mass is 79.9. The molecular formula is C14H11Br. The van der Waals surface area contributed by atoms with Crippen molar-refractivity contribution in [3.8, 4) is 11.1 Å². The maximum absolute atomic E-state index is 3.74. The Kier molecular flexibility index (Phi) is 3.02. The van der Waals surface area contributed by atoms with E-state index in [0.29, 0.717) is 0 Å². The van der Waals surface area contributed by atoms with Crippen LogP contribution in [-0.2, 0) is 0 Å². The maximum Gasteiger partial charge on any atom is 0.0175 e. The van der Waals surface area contributed by atoms with E-state index in [1.807, 2.05) is 6.08 Å². The van der Waals surface area contributed by atoms with Gasteiger partial charge in [-0.3, -0.25) is 0 Å². The predicted octanol–water partition coefficient (Wildman–Crippen LogP) is 4.76. The summed E-state index contributed by atoms with van der Waals surface area (Å²) in [6.45, 7) is 3.74. The molecule has 1 heteroatoms. The van der Waals surface area contributed by atoms with Crippen molar-refractivity contribution in [1.29, 1.82) is 0 Å². The summed E-state index contributed by atoms with van der Waals surface area (Å²) in [5, 5.41) is 0. The molecule has 2 rings (SSSR count). The fraction of sp³-hybridized carbons (Fsp3) is 0. The van der Waals surface area contributed by atoms with Gasteiger partial charge in [-0.2, -0.15) is 0 Å². The topological polar surface area (TPSA) is 0 Å². The maximum atomic E-state index is 3.74. The Morgan fingerprint density at radius 3 is 1.73 bits per heavy atom. The van der Waals surface area contributed by atoms with Crippen molar-refractivity contribution in [3.63, 3.8) is 0 Å². The molecule has 0 saturated carbocycles. The van der Waals surface area contributed by atoms with Crippen LogP contribution in [0, 0.1) is 0 Å². The van der Waals surface area contributed by atoms with Gasteiger partial charge in [0, 0.05) is 4.47 Å². The molecule has 0 saturated heterocycles. The van der Waals surface area contributed by atoms with Gasteiger partial charge in [-0.15, -0.1) is 0 Å². The average molecular weight is 259 g/mol. The summed E-state index contributed by atoms with van der Waals surface area (Å²) in [6, 6.07) is 16.7. The first kappa shape index (κ1) is 10.2. The van der Waals surface area contributed by atoms with E-state index < -0.39 is 0 Å². The molecule has 2 aromatic rings. The van der Waals surface area contributed by atoms with Crippen LogP contribution in [0.25, 0.3) is 17.2 Å². The molecule has 0 N–H and O–H groups in total. The van der Waals surface area contributed by atoms with Gasteiger partial charge in [0.15, 0.2) is 0 Å². The van der Waals surface area contributed by atoms with Crippen LogP contribution >= 0.6 is 15.9 Å². The summed E-state index contributed by atoms with van der Waals surface area (Å²) in [5.74, 6) is 0. The third-order valence-electron chi connectivity index (χ3n) is 2.32. The van der Waals surface area contributed by atoms with Crippen LogP contribution in [-0.4, -0.2) is 0 Å². The Balaban J connectivity index is 2.37. The average Bonchev–Trinajstić information content (AvgIpc) is 2.30. The quantitative estimate of drug-likeness (QED) is 0.729. The van der Waals surface area contributed by atoms with Gasteiger partial charge in [-0.1, -0.05) is 65.0 Å². The van der Waals surface area contributed by atoms with Crippen molar-refractivity contribution in [3.05, 3.63) is 65.1 Å². The Bertz CT molecular complexity index is 452. The summed E-state index contributed by atoms with van der Waals surface area (Å²) in [5.41, 5.74) is 3.61. The highest BCUT2D eigenvalue weighted by Crippen LogP contribution is 2.22. The summed E-state index contributed by atoms with van der Waals surface area (Å²) in [4.78, 5) is 0. The van der Waals surface area contributed by atoms with Gasteiger partial charge in [0.2, 0.25) is 0 Å². The van der Waals surface area contributed by atoms with Gasteiger partial charge < -0.3 is 0 Å². The Labute approximate surface area is 98.4 Å². The molecule has 0 bridgehead atoms. The van der Waals surface area contributed by atoms with E-state index in [4.69, 9.17) is 0 Å². The molecule has 0 amide bonds. The lowest BCUT2D eigenvalue weighted by Crippen LogP contribution is -1.77. The predicted molar refractivity (Wildman–Crippen MR) is 69.7 cm³/mol. The third-order valence-corrected chi connectivity index (χ3v) is 2.85. The van der Waals surface area contributed by atoms with E-state index in [-0.39, 0.29) is 0 Å². The molecule has 0 heterocycles. The van der Waals surface area contributed by atoms with Crippen LogP contribution in [0.15, 0.2) is 59.6 Å². The van der Waals surface area contributed by atoms with Crippen molar-refractivity contribution in [2.45, 2.75) is 0 Å². The Morgan fingerprint density at radius 2 is 1.27 bits per heavy atom. The molecule has 2 aromatic carbocycles. The van der Waals surface area contributed by atoms with Gasteiger partial charge >= 0.3 is 0 Å². The van der Waals surface area contributed by atoms with E-state index >= 15 is 0 Å². The molecule has 15 heavy (non-hydrogen) atoms. The first-order valence-electron chi connectivity index (χ1n) is 4.78. The number of halogens is 1. The van der Waals surface area contributed by atoms with Crippen molar-refractivity contribution in [1.82, 2.24) is 0 Å². The lowest BCUT2D eigenvalue weighted by atomic mass is 10.0. The minimum Gasteiger partial charge on any atom is -0.0985 e. The van der Waals surface area contributed by atoms with Gasteiger partial charge in [-0.05, 0) is 28.8 Å². The molecule has 0 aliphatic heterocycles. The fourth-order valence-corrected chi connectivity index (χ4v) is 1.72. The zero-order valence-corrected chi connectivity index (χ0v) is 9.87. The lowest BCUT2D eigenvalue weighted by molar-refractivity contribution is 1.58. The molecule has 0 fully saturated rings. The van der Waals surface area contributed by atoms with Crippen molar-refractivity contribution in [2.75, 3.05) is 0 Å². The summed E-state index contributed by atoms with van der Waals surface area (Å²) < 4.78 is 1.11. The first-order valence-corrected chi connectivity index (χ1v) is 5.57. The van der Waals surface area contributed by atoms with Crippen LogP contribution in [0.4, 0.5) is 0 Å². The summed E-state index contributed by atoms with van der Waals surface area (Å²) in [7, 11) is 0. The molecule has 0 spiro atoms. The van der Waals surface area contributed by atoms with E-state index in [1.54, 1.807) is 0 Å². The van der Waals surface area contributed by atoms with Crippen LogP contribution in [0.2, 0.25) is 0 Å². The molecule has 0 atom stereocenters. The molecule has 0 aliphatic rings. The van der Waals surface area contributed by atoms with Gasteiger partial charge in [0.25, 0.3) is 0 Å². The molecule has 0 unspecified atom stereocenters. The van der Waals surface area contributed by atoms with E-state index in [0.717, 1.165) is 10.0 Å². The highest BCUT2D eigenvalue weighted by Gasteiger charge is 1.96.